The predicted molar refractivity (Wildman–Crippen MR) is 98.1 cm³/mol. The van der Waals surface area contributed by atoms with E-state index in [9.17, 15) is 4.79 Å². The molecule has 0 bridgehead atoms. The lowest BCUT2D eigenvalue weighted by Crippen LogP contribution is -2.51. The van der Waals surface area contributed by atoms with Crippen LogP contribution in [0.4, 0.5) is 0 Å². The van der Waals surface area contributed by atoms with Crippen molar-refractivity contribution in [1.82, 2.24) is 14.7 Å². The highest BCUT2D eigenvalue weighted by molar-refractivity contribution is 9.10. The summed E-state index contributed by atoms with van der Waals surface area (Å²) in [6.45, 7) is 9.67. The van der Waals surface area contributed by atoms with Gasteiger partial charge in [0.05, 0.1) is 19.6 Å². The average Bonchev–Trinajstić information content (AvgIpc) is 2.63. The quantitative estimate of drug-likeness (QED) is 0.756. The lowest BCUT2D eigenvalue weighted by Gasteiger charge is -2.36. The summed E-state index contributed by atoms with van der Waals surface area (Å²) < 4.78 is 6.43. The van der Waals surface area contributed by atoms with Crippen molar-refractivity contribution < 1.29 is 9.53 Å². The molecule has 1 aromatic carbocycles. The van der Waals surface area contributed by atoms with Crippen LogP contribution in [0.5, 0.6) is 0 Å². The molecule has 6 heteroatoms. The molecular formula is C18H26BrN3O2. The smallest absolute Gasteiger partial charge is 0.227 e. The molecule has 2 saturated heterocycles. The number of nitrogens with zero attached hydrogens (tertiary/aromatic N) is 3. The standard InChI is InChI=1S/C18H26BrN3O2/c19-17-3-1-16(2-4-17)15-18(23)22-9-7-20(8-10-22)5-6-21-11-13-24-14-12-21/h1-4H,5-15H2. The monoisotopic (exact) mass is 395 g/mol. The van der Waals surface area contributed by atoms with Gasteiger partial charge in [-0.1, -0.05) is 28.1 Å². The molecule has 0 aromatic heterocycles. The molecule has 0 unspecified atom stereocenters. The molecule has 2 aliphatic rings. The van der Waals surface area contributed by atoms with Crippen LogP contribution in [0.15, 0.2) is 28.7 Å². The Morgan fingerprint density at radius 3 is 2.12 bits per heavy atom. The number of carbonyl (C=O) groups is 1. The van der Waals surface area contributed by atoms with Crippen LogP contribution in [0.25, 0.3) is 0 Å². The van der Waals surface area contributed by atoms with Crippen LogP contribution < -0.4 is 0 Å². The van der Waals surface area contributed by atoms with E-state index in [2.05, 4.69) is 25.7 Å². The first-order valence-corrected chi connectivity index (χ1v) is 9.55. The lowest BCUT2D eigenvalue weighted by molar-refractivity contribution is -0.132. The van der Waals surface area contributed by atoms with Gasteiger partial charge in [0.15, 0.2) is 0 Å². The van der Waals surface area contributed by atoms with Crippen molar-refractivity contribution in [1.29, 1.82) is 0 Å². The number of carbonyl (C=O) groups excluding carboxylic acids is 1. The summed E-state index contributed by atoms with van der Waals surface area (Å²) in [4.78, 5) is 19.4. The van der Waals surface area contributed by atoms with Gasteiger partial charge >= 0.3 is 0 Å². The number of benzene rings is 1. The van der Waals surface area contributed by atoms with Crippen LogP contribution in [0, 0.1) is 0 Å². The predicted octanol–water partition coefficient (Wildman–Crippen LogP) is 1.47. The minimum atomic E-state index is 0.241. The first-order valence-electron chi connectivity index (χ1n) is 8.75. The van der Waals surface area contributed by atoms with Gasteiger partial charge in [-0.05, 0) is 17.7 Å². The Morgan fingerprint density at radius 1 is 0.917 bits per heavy atom. The number of piperazine rings is 1. The Balaban J connectivity index is 1.38. The third-order valence-electron chi connectivity index (χ3n) is 4.83. The van der Waals surface area contributed by atoms with Gasteiger partial charge < -0.3 is 9.64 Å². The first-order chi connectivity index (χ1) is 11.7. The number of hydrogen-bond donors (Lipinski definition) is 0. The molecular weight excluding hydrogens is 370 g/mol. The molecule has 0 N–H and O–H groups in total. The number of rotatable bonds is 5. The van der Waals surface area contributed by atoms with Crippen molar-refractivity contribution >= 4 is 21.8 Å². The van der Waals surface area contributed by atoms with Gasteiger partial charge in [-0.25, -0.2) is 0 Å². The highest BCUT2D eigenvalue weighted by atomic mass is 79.9. The largest absolute Gasteiger partial charge is 0.379 e. The second-order valence-electron chi connectivity index (χ2n) is 6.48. The molecule has 2 heterocycles. The third kappa shape index (κ3) is 5.28. The van der Waals surface area contributed by atoms with E-state index in [1.54, 1.807) is 0 Å². The van der Waals surface area contributed by atoms with E-state index in [0.717, 1.165) is 75.6 Å². The van der Waals surface area contributed by atoms with Gasteiger partial charge in [0.2, 0.25) is 5.91 Å². The molecule has 3 rings (SSSR count). The van der Waals surface area contributed by atoms with Crippen molar-refractivity contribution in [3.8, 4) is 0 Å². The average molecular weight is 396 g/mol. The first kappa shape index (κ1) is 17.9. The number of halogens is 1. The van der Waals surface area contributed by atoms with E-state index in [1.807, 2.05) is 29.2 Å². The van der Waals surface area contributed by atoms with Crippen LogP contribution in [0.1, 0.15) is 5.56 Å². The van der Waals surface area contributed by atoms with E-state index < -0.39 is 0 Å². The Kier molecular flexibility index (Phi) is 6.66. The molecule has 24 heavy (non-hydrogen) atoms. The van der Waals surface area contributed by atoms with Crippen molar-refractivity contribution in [2.45, 2.75) is 6.42 Å². The third-order valence-corrected chi connectivity index (χ3v) is 5.36. The maximum Gasteiger partial charge on any atom is 0.227 e. The molecule has 2 fully saturated rings. The Morgan fingerprint density at radius 2 is 1.50 bits per heavy atom. The van der Waals surface area contributed by atoms with E-state index in [4.69, 9.17) is 4.74 Å². The molecule has 0 aliphatic carbocycles. The second kappa shape index (κ2) is 8.94. The van der Waals surface area contributed by atoms with E-state index in [0.29, 0.717) is 6.42 Å². The molecule has 0 spiro atoms. The summed E-state index contributed by atoms with van der Waals surface area (Å²) in [7, 11) is 0. The van der Waals surface area contributed by atoms with Crippen LogP contribution in [0.2, 0.25) is 0 Å². The molecule has 0 saturated carbocycles. The lowest BCUT2D eigenvalue weighted by atomic mass is 10.1. The molecule has 1 aromatic rings. The number of hydrogen-bond acceptors (Lipinski definition) is 4. The fraction of sp³-hybridized carbons (Fsp3) is 0.611. The second-order valence-corrected chi connectivity index (χ2v) is 7.40. The van der Waals surface area contributed by atoms with Gasteiger partial charge in [-0.2, -0.15) is 0 Å². The fourth-order valence-electron chi connectivity index (χ4n) is 3.22. The van der Waals surface area contributed by atoms with Crippen molar-refractivity contribution in [3.05, 3.63) is 34.3 Å². The summed E-state index contributed by atoms with van der Waals surface area (Å²) in [5.41, 5.74) is 1.08. The zero-order chi connectivity index (χ0) is 16.8. The molecule has 2 aliphatic heterocycles. The van der Waals surface area contributed by atoms with Gasteiger partial charge in [0, 0.05) is 56.8 Å². The minimum absolute atomic E-state index is 0.241. The number of morpholine rings is 1. The molecule has 5 nitrogen and oxygen atoms in total. The molecule has 0 atom stereocenters. The zero-order valence-corrected chi connectivity index (χ0v) is 15.7. The Bertz CT molecular complexity index is 524. The van der Waals surface area contributed by atoms with Gasteiger partial charge in [-0.15, -0.1) is 0 Å². The van der Waals surface area contributed by atoms with Crippen LogP contribution in [0.3, 0.4) is 0 Å². The summed E-state index contributed by atoms with van der Waals surface area (Å²) in [5, 5.41) is 0. The van der Waals surface area contributed by atoms with Crippen molar-refractivity contribution in [2.75, 3.05) is 65.6 Å². The summed E-state index contributed by atoms with van der Waals surface area (Å²) >= 11 is 3.43. The maximum absolute atomic E-state index is 12.4. The fourth-order valence-corrected chi connectivity index (χ4v) is 3.48. The minimum Gasteiger partial charge on any atom is -0.379 e. The SMILES string of the molecule is O=C(Cc1ccc(Br)cc1)N1CCN(CCN2CCOCC2)CC1. The van der Waals surface area contributed by atoms with Crippen LogP contribution in [-0.2, 0) is 16.0 Å². The topological polar surface area (TPSA) is 36.0 Å². The van der Waals surface area contributed by atoms with Crippen LogP contribution in [-0.4, -0.2) is 86.2 Å². The highest BCUT2D eigenvalue weighted by Crippen LogP contribution is 2.12. The molecule has 132 valence electrons. The van der Waals surface area contributed by atoms with Gasteiger partial charge in [0.25, 0.3) is 0 Å². The Hall–Kier alpha value is -0.950. The maximum atomic E-state index is 12.4. The summed E-state index contributed by atoms with van der Waals surface area (Å²) in [6, 6.07) is 8.01. The van der Waals surface area contributed by atoms with Gasteiger partial charge in [-0.3, -0.25) is 14.6 Å². The number of ether oxygens (including phenoxy) is 1. The van der Waals surface area contributed by atoms with Crippen molar-refractivity contribution in [2.24, 2.45) is 0 Å². The number of amides is 1. The Labute approximate surface area is 152 Å². The highest BCUT2D eigenvalue weighted by Gasteiger charge is 2.21. The van der Waals surface area contributed by atoms with Crippen LogP contribution >= 0.6 is 15.9 Å². The summed E-state index contributed by atoms with van der Waals surface area (Å²) in [6.07, 6.45) is 0.501. The van der Waals surface area contributed by atoms with E-state index in [1.165, 1.54) is 0 Å². The van der Waals surface area contributed by atoms with Gasteiger partial charge in [0.1, 0.15) is 0 Å². The van der Waals surface area contributed by atoms with E-state index >= 15 is 0 Å². The zero-order valence-electron chi connectivity index (χ0n) is 14.1. The molecule has 0 radical (unpaired) electrons. The van der Waals surface area contributed by atoms with Crippen molar-refractivity contribution in [3.63, 3.8) is 0 Å². The molecule has 1 amide bonds. The summed E-state index contributed by atoms with van der Waals surface area (Å²) in [5.74, 6) is 0.241. The normalized spacial score (nSPS) is 20.3. The van der Waals surface area contributed by atoms with E-state index in [-0.39, 0.29) is 5.91 Å².